The molecule has 1 heterocycles. The summed E-state index contributed by atoms with van der Waals surface area (Å²) in [5.74, 6) is -0.904. The number of rotatable bonds is 2. The Bertz CT molecular complexity index is 559. The third-order valence-electron chi connectivity index (χ3n) is 2.42. The Labute approximate surface area is 105 Å². The first-order chi connectivity index (χ1) is 8.41. The average Bonchev–Trinajstić information content (AvgIpc) is 2.76. The Morgan fingerprint density at radius 3 is 2.56 bits per heavy atom. The van der Waals surface area contributed by atoms with Gasteiger partial charge in [0.25, 0.3) is 0 Å². The van der Waals surface area contributed by atoms with Crippen molar-refractivity contribution in [3.63, 3.8) is 0 Å². The molecule has 96 valence electrons. The number of hydrogen-bond acceptors (Lipinski definition) is 2. The minimum absolute atomic E-state index is 0.0754. The lowest BCUT2D eigenvalue weighted by atomic mass is 10.1. The fraction of sp³-hybridized carbons (Fsp3) is 0.250. The molecule has 0 bridgehead atoms. The number of aromatic nitrogens is 1. The molecule has 0 amide bonds. The normalized spacial score (nSPS) is 11.8. The molecule has 2 rings (SSSR count). The van der Waals surface area contributed by atoms with Gasteiger partial charge in [-0.1, -0.05) is 6.92 Å². The molecule has 0 N–H and O–H groups in total. The summed E-state index contributed by atoms with van der Waals surface area (Å²) in [4.78, 5) is 4.85. The van der Waals surface area contributed by atoms with Crippen LogP contribution in [0.3, 0.4) is 0 Å². The van der Waals surface area contributed by atoms with Gasteiger partial charge in [-0.2, -0.15) is 13.2 Å². The first-order valence-corrected chi connectivity index (χ1v) is 6.05. The maximum Gasteiger partial charge on any atom is 0.417 e. The lowest BCUT2D eigenvalue weighted by Crippen LogP contribution is -2.07. The van der Waals surface area contributed by atoms with E-state index in [0.29, 0.717) is 12.5 Å². The van der Waals surface area contributed by atoms with Crippen LogP contribution in [0, 0.1) is 5.82 Å². The van der Waals surface area contributed by atoms with Crippen LogP contribution in [-0.2, 0) is 12.6 Å². The van der Waals surface area contributed by atoms with E-state index in [-0.39, 0.29) is 10.6 Å². The zero-order chi connectivity index (χ0) is 13.3. The molecule has 0 saturated carbocycles. The molecule has 2 aromatic rings. The first kappa shape index (κ1) is 13.0. The summed E-state index contributed by atoms with van der Waals surface area (Å²) in [5, 5.41) is 0.263. The highest BCUT2D eigenvalue weighted by Gasteiger charge is 2.34. The van der Waals surface area contributed by atoms with Crippen LogP contribution in [0.4, 0.5) is 17.6 Å². The van der Waals surface area contributed by atoms with Crippen molar-refractivity contribution >= 4 is 11.3 Å². The van der Waals surface area contributed by atoms with E-state index in [1.807, 2.05) is 6.92 Å². The fourth-order valence-electron chi connectivity index (χ4n) is 1.53. The van der Waals surface area contributed by atoms with Crippen LogP contribution in [0.2, 0.25) is 0 Å². The summed E-state index contributed by atoms with van der Waals surface area (Å²) in [6.07, 6.45) is -2.33. The van der Waals surface area contributed by atoms with Crippen molar-refractivity contribution in [3.8, 4) is 10.6 Å². The number of alkyl halides is 3. The van der Waals surface area contributed by atoms with Gasteiger partial charge in [0.2, 0.25) is 0 Å². The minimum atomic E-state index is -4.59. The number of benzene rings is 1. The van der Waals surface area contributed by atoms with Gasteiger partial charge >= 0.3 is 6.18 Å². The van der Waals surface area contributed by atoms with E-state index in [0.717, 1.165) is 17.0 Å². The third-order valence-corrected chi connectivity index (χ3v) is 3.59. The molecule has 6 heteroatoms. The molecular formula is C12H9F4NS. The van der Waals surface area contributed by atoms with E-state index in [1.165, 1.54) is 11.3 Å². The van der Waals surface area contributed by atoms with E-state index in [2.05, 4.69) is 4.98 Å². The number of aryl methyl sites for hydroxylation is 1. The van der Waals surface area contributed by atoms with Gasteiger partial charge in [0.15, 0.2) is 0 Å². The number of thiazole rings is 1. The first-order valence-electron chi connectivity index (χ1n) is 5.23. The van der Waals surface area contributed by atoms with Gasteiger partial charge in [-0.15, -0.1) is 11.3 Å². The Balaban J connectivity index is 2.56. The molecule has 0 fully saturated rings. The van der Waals surface area contributed by atoms with Crippen LogP contribution >= 0.6 is 11.3 Å². The van der Waals surface area contributed by atoms with E-state index in [9.17, 15) is 17.6 Å². The standard InChI is InChI=1S/C12H9F4NS/c1-2-8-6-17-11(18-8)9-4-3-7(13)5-10(9)12(14,15)16/h3-6H,2H2,1H3. The Morgan fingerprint density at radius 1 is 1.28 bits per heavy atom. The average molecular weight is 275 g/mol. The molecule has 0 unspecified atom stereocenters. The van der Waals surface area contributed by atoms with Crippen molar-refractivity contribution in [1.29, 1.82) is 0 Å². The summed E-state index contributed by atoms with van der Waals surface area (Å²) >= 11 is 1.19. The number of hydrogen-bond donors (Lipinski definition) is 0. The molecule has 0 saturated heterocycles. The van der Waals surface area contributed by atoms with Crippen LogP contribution in [0.25, 0.3) is 10.6 Å². The maximum absolute atomic E-state index is 12.9. The van der Waals surface area contributed by atoms with E-state index >= 15 is 0 Å². The Kier molecular flexibility index (Phi) is 3.38. The molecule has 18 heavy (non-hydrogen) atoms. The van der Waals surface area contributed by atoms with E-state index in [4.69, 9.17) is 0 Å². The molecule has 0 spiro atoms. The zero-order valence-corrected chi connectivity index (χ0v) is 10.2. The second-order valence-corrected chi connectivity index (χ2v) is 4.79. The molecule has 1 nitrogen and oxygen atoms in total. The van der Waals surface area contributed by atoms with Crippen molar-refractivity contribution in [3.05, 3.63) is 40.7 Å². The Hall–Kier alpha value is -1.43. The van der Waals surface area contributed by atoms with Gasteiger partial charge in [0.05, 0.1) is 5.56 Å². The van der Waals surface area contributed by atoms with Crippen LogP contribution in [0.1, 0.15) is 17.4 Å². The van der Waals surface area contributed by atoms with Crippen molar-refractivity contribution in [2.24, 2.45) is 0 Å². The smallest absolute Gasteiger partial charge is 0.244 e. The summed E-state index contributed by atoms with van der Waals surface area (Å²) < 4.78 is 51.4. The van der Waals surface area contributed by atoms with Gasteiger partial charge in [-0.3, -0.25) is 0 Å². The molecule has 0 aliphatic rings. The fourth-order valence-corrected chi connectivity index (χ4v) is 2.42. The molecular weight excluding hydrogens is 266 g/mol. The third kappa shape index (κ3) is 2.53. The highest BCUT2D eigenvalue weighted by atomic mass is 32.1. The predicted molar refractivity (Wildman–Crippen MR) is 61.9 cm³/mol. The van der Waals surface area contributed by atoms with Gasteiger partial charge in [0, 0.05) is 16.6 Å². The lowest BCUT2D eigenvalue weighted by Gasteiger charge is -2.10. The quantitative estimate of drug-likeness (QED) is 0.734. The number of halogens is 4. The van der Waals surface area contributed by atoms with Crippen molar-refractivity contribution in [1.82, 2.24) is 4.98 Å². The van der Waals surface area contributed by atoms with Gasteiger partial charge in [-0.25, -0.2) is 9.37 Å². The number of nitrogens with zero attached hydrogens (tertiary/aromatic N) is 1. The van der Waals surface area contributed by atoms with E-state index < -0.39 is 17.6 Å². The molecule has 1 aromatic carbocycles. The molecule has 0 radical (unpaired) electrons. The Morgan fingerprint density at radius 2 is 2.00 bits per heavy atom. The highest BCUT2D eigenvalue weighted by Crippen LogP contribution is 2.38. The molecule has 1 aromatic heterocycles. The molecule has 0 aliphatic heterocycles. The summed E-state index contributed by atoms with van der Waals surface area (Å²) in [6.45, 7) is 1.90. The van der Waals surface area contributed by atoms with Crippen LogP contribution in [0.15, 0.2) is 24.4 Å². The SMILES string of the molecule is CCc1cnc(-c2ccc(F)cc2C(F)(F)F)s1. The maximum atomic E-state index is 12.9. The van der Waals surface area contributed by atoms with E-state index in [1.54, 1.807) is 6.20 Å². The second kappa shape index (κ2) is 4.68. The van der Waals surface area contributed by atoms with Crippen molar-refractivity contribution in [2.45, 2.75) is 19.5 Å². The van der Waals surface area contributed by atoms with Gasteiger partial charge in [-0.05, 0) is 24.6 Å². The molecule has 0 aliphatic carbocycles. The van der Waals surface area contributed by atoms with Crippen LogP contribution in [0.5, 0.6) is 0 Å². The lowest BCUT2D eigenvalue weighted by molar-refractivity contribution is -0.137. The predicted octanol–water partition coefficient (Wildman–Crippen LogP) is 4.53. The molecule has 0 atom stereocenters. The second-order valence-electron chi connectivity index (χ2n) is 3.67. The summed E-state index contributed by atoms with van der Waals surface area (Å²) in [5.41, 5.74) is -1.06. The van der Waals surface area contributed by atoms with Crippen LogP contribution < -0.4 is 0 Å². The van der Waals surface area contributed by atoms with Crippen molar-refractivity contribution < 1.29 is 17.6 Å². The topological polar surface area (TPSA) is 12.9 Å². The zero-order valence-electron chi connectivity index (χ0n) is 9.38. The van der Waals surface area contributed by atoms with Crippen molar-refractivity contribution in [2.75, 3.05) is 0 Å². The largest absolute Gasteiger partial charge is 0.417 e. The van der Waals surface area contributed by atoms with Gasteiger partial charge in [0.1, 0.15) is 10.8 Å². The highest BCUT2D eigenvalue weighted by molar-refractivity contribution is 7.15. The summed E-state index contributed by atoms with van der Waals surface area (Å²) in [6, 6.07) is 2.64. The van der Waals surface area contributed by atoms with Gasteiger partial charge < -0.3 is 0 Å². The summed E-state index contributed by atoms with van der Waals surface area (Å²) in [7, 11) is 0. The monoisotopic (exact) mass is 275 g/mol. The minimum Gasteiger partial charge on any atom is -0.244 e. The van der Waals surface area contributed by atoms with Crippen LogP contribution in [-0.4, -0.2) is 4.98 Å².